The Morgan fingerprint density at radius 1 is 1.20 bits per heavy atom. The molecule has 140 valence electrons. The highest BCUT2D eigenvalue weighted by atomic mass is 32.2. The average molecular weight is 369 g/mol. The van der Waals surface area contributed by atoms with Gasteiger partial charge in [-0.25, -0.2) is 8.42 Å². The number of piperazine rings is 1. The number of hydrogen-bond acceptors (Lipinski definition) is 5. The van der Waals surface area contributed by atoms with Gasteiger partial charge in [0.2, 0.25) is 5.91 Å². The third-order valence-electron chi connectivity index (χ3n) is 5.25. The minimum Gasteiger partial charge on any atom is -0.365 e. The summed E-state index contributed by atoms with van der Waals surface area (Å²) in [6.45, 7) is 9.10. The van der Waals surface area contributed by atoms with E-state index in [1.54, 1.807) is 0 Å². The van der Waals surface area contributed by atoms with Gasteiger partial charge in [-0.05, 0) is 26.7 Å². The molecule has 1 aromatic heterocycles. The Morgan fingerprint density at radius 3 is 2.44 bits per heavy atom. The predicted octanol–water partition coefficient (Wildman–Crippen LogP) is 1.31. The van der Waals surface area contributed by atoms with Gasteiger partial charge in [0, 0.05) is 32.6 Å². The standard InChI is InChI=1S/C17H28N4O3S/c1-4-5-16(22)19-7-9-20(10-8-19)17-13(2)18-21(14(17)3)15-6-11-25(23,24)12-15/h15H,4-12H2,1-3H3. The lowest BCUT2D eigenvalue weighted by atomic mass is 10.2. The molecule has 0 N–H and O–H groups in total. The van der Waals surface area contributed by atoms with E-state index >= 15 is 0 Å². The van der Waals surface area contributed by atoms with Crippen LogP contribution in [0, 0.1) is 13.8 Å². The van der Waals surface area contributed by atoms with E-state index in [4.69, 9.17) is 0 Å². The molecule has 2 aliphatic heterocycles. The van der Waals surface area contributed by atoms with Crippen molar-refractivity contribution in [3.8, 4) is 0 Å². The monoisotopic (exact) mass is 368 g/mol. The Hall–Kier alpha value is -1.57. The highest BCUT2D eigenvalue weighted by Crippen LogP contribution is 2.31. The van der Waals surface area contributed by atoms with Crippen LogP contribution >= 0.6 is 0 Å². The fourth-order valence-electron chi connectivity index (χ4n) is 3.99. The molecule has 0 saturated carbocycles. The molecule has 2 fully saturated rings. The first-order valence-electron chi connectivity index (χ1n) is 9.11. The third kappa shape index (κ3) is 3.68. The number of carbonyl (C=O) groups excluding carboxylic acids is 1. The fourth-order valence-corrected chi connectivity index (χ4v) is 5.68. The number of hydrogen-bond donors (Lipinski definition) is 0. The fraction of sp³-hybridized carbons (Fsp3) is 0.765. The summed E-state index contributed by atoms with van der Waals surface area (Å²) < 4.78 is 25.5. The summed E-state index contributed by atoms with van der Waals surface area (Å²) in [5.41, 5.74) is 3.08. The number of carbonyl (C=O) groups is 1. The molecule has 2 aliphatic rings. The zero-order valence-electron chi connectivity index (χ0n) is 15.4. The lowest BCUT2D eigenvalue weighted by Gasteiger charge is -2.36. The molecule has 0 spiro atoms. The maximum Gasteiger partial charge on any atom is 0.222 e. The molecule has 0 radical (unpaired) electrons. The summed E-state index contributed by atoms with van der Waals surface area (Å²) in [4.78, 5) is 16.3. The Balaban J connectivity index is 1.73. The molecule has 3 heterocycles. The van der Waals surface area contributed by atoms with Crippen molar-refractivity contribution >= 4 is 21.4 Å². The van der Waals surface area contributed by atoms with Gasteiger partial charge in [-0.15, -0.1) is 0 Å². The molecule has 1 atom stereocenters. The van der Waals surface area contributed by atoms with Crippen molar-refractivity contribution in [3.63, 3.8) is 0 Å². The number of aryl methyl sites for hydroxylation is 1. The van der Waals surface area contributed by atoms with Crippen LogP contribution in [0.5, 0.6) is 0 Å². The van der Waals surface area contributed by atoms with Crippen molar-refractivity contribution in [2.24, 2.45) is 0 Å². The van der Waals surface area contributed by atoms with Crippen molar-refractivity contribution in [1.29, 1.82) is 0 Å². The van der Waals surface area contributed by atoms with Gasteiger partial charge in [0.1, 0.15) is 0 Å². The molecule has 25 heavy (non-hydrogen) atoms. The zero-order chi connectivity index (χ0) is 18.2. The molecule has 0 bridgehead atoms. The SMILES string of the molecule is CCCC(=O)N1CCN(c2c(C)nn(C3CCS(=O)(=O)C3)c2C)CC1. The van der Waals surface area contributed by atoms with Crippen LogP contribution < -0.4 is 4.90 Å². The molecule has 2 saturated heterocycles. The van der Waals surface area contributed by atoms with E-state index in [9.17, 15) is 13.2 Å². The summed E-state index contributed by atoms with van der Waals surface area (Å²) >= 11 is 0. The predicted molar refractivity (Wildman–Crippen MR) is 97.7 cm³/mol. The number of rotatable bonds is 4. The van der Waals surface area contributed by atoms with Gasteiger partial charge >= 0.3 is 0 Å². The molecule has 1 aromatic rings. The molecular weight excluding hydrogens is 340 g/mol. The first kappa shape index (κ1) is 18.2. The Bertz CT molecular complexity index is 748. The topological polar surface area (TPSA) is 75.5 Å². The normalized spacial score (nSPS) is 23.2. The van der Waals surface area contributed by atoms with Crippen LogP contribution in [0.3, 0.4) is 0 Å². The molecule has 1 amide bonds. The molecule has 1 unspecified atom stereocenters. The van der Waals surface area contributed by atoms with Gasteiger partial charge in [0.05, 0.1) is 34.6 Å². The van der Waals surface area contributed by atoms with Crippen LogP contribution in [0.25, 0.3) is 0 Å². The van der Waals surface area contributed by atoms with Gasteiger partial charge < -0.3 is 9.80 Å². The first-order valence-corrected chi connectivity index (χ1v) is 10.9. The number of amides is 1. The van der Waals surface area contributed by atoms with E-state index in [1.165, 1.54) is 0 Å². The van der Waals surface area contributed by atoms with Gasteiger partial charge in [0.25, 0.3) is 0 Å². The van der Waals surface area contributed by atoms with Crippen molar-refractivity contribution < 1.29 is 13.2 Å². The van der Waals surface area contributed by atoms with Crippen molar-refractivity contribution in [2.45, 2.75) is 46.1 Å². The largest absolute Gasteiger partial charge is 0.365 e. The van der Waals surface area contributed by atoms with E-state index in [-0.39, 0.29) is 23.5 Å². The van der Waals surface area contributed by atoms with Crippen LogP contribution in [0.4, 0.5) is 5.69 Å². The second-order valence-electron chi connectivity index (χ2n) is 7.14. The van der Waals surface area contributed by atoms with Crippen LogP contribution in [0.2, 0.25) is 0 Å². The zero-order valence-corrected chi connectivity index (χ0v) is 16.2. The quantitative estimate of drug-likeness (QED) is 0.801. The lowest BCUT2D eigenvalue weighted by molar-refractivity contribution is -0.131. The summed E-state index contributed by atoms with van der Waals surface area (Å²) in [7, 11) is -2.93. The second kappa shape index (κ2) is 6.97. The van der Waals surface area contributed by atoms with Crippen molar-refractivity contribution in [1.82, 2.24) is 14.7 Å². The smallest absolute Gasteiger partial charge is 0.222 e. The van der Waals surface area contributed by atoms with Crippen LogP contribution in [0.15, 0.2) is 0 Å². The molecule has 0 aliphatic carbocycles. The maximum absolute atomic E-state index is 12.0. The molecule has 7 nitrogen and oxygen atoms in total. The van der Waals surface area contributed by atoms with Gasteiger partial charge in [-0.1, -0.05) is 6.92 Å². The van der Waals surface area contributed by atoms with E-state index < -0.39 is 9.84 Å². The highest BCUT2D eigenvalue weighted by molar-refractivity contribution is 7.91. The first-order chi connectivity index (χ1) is 11.8. The maximum atomic E-state index is 12.0. The average Bonchev–Trinajstić information content (AvgIpc) is 3.07. The van der Waals surface area contributed by atoms with Gasteiger partial charge in [0.15, 0.2) is 9.84 Å². The van der Waals surface area contributed by atoms with Crippen molar-refractivity contribution in [2.75, 3.05) is 42.6 Å². The van der Waals surface area contributed by atoms with Crippen LogP contribution in [-0.2, 0) is 14.6 Å². The van der Waals surface area contributed by atoms with E-state index in [2.05, 4.69) is 10.00 Å². The number of sulfone groups is 1. The Labute approximate surface area is 149 Å². The molecule has 0 aromatic carbocycles. The summed E-state index contributed by atoms with van der Waals surface area (Å²) in [6, 6.07) is -0.0510. The summed E-state index contributed by atoms with van der Waals surface area (Å²) in [5.74, 6) is 0.680. The van der Waals surface area contributed by atoms with Gasteiger partial charge in [-0.2, -0.15) is 5.10 Å². The minimum atomic E-state index is -2.93. The third-order valence-corrected chi connectivity index (χ3v) is 7.00. The number of nitrogens with zero attached hydrogens (tertiary/aromatic N) is 4. The summed E-state index contributed by atoms with van der Waals surface area (Å²) in [6.07, 6.45) is 2.14. The second-order valence-corrected chi connectivity index (χ2v) is 9.37. The Kier molecular flexibility index (Phi) is 5.09. The molecule has 8 heteroatoms. The summed E-state index contributed by atoms with van der Waals surface area (Å²) in [5, 5.41) is 4.65. The van der Waals surface area contributed by atoms with Crippen LogP contribution in [0.1, 0.15) is 43.6 Å². The highest BCUT2D eigenvalue weighted by Gasteiger charge is 2.33. The lowest BCUT2D eigenvalue weighted by Crippen LogP contribution is -2.49. The minimum absolute atomic E-state index is 0.0510. The number of aromatic nitrogens is 2. The molecule has 3 rings (SSSR count). The van der Waals surface area contributed by atoms with Gasteiger partial charge in [-0.3, -0.25) is 9.48 Å². The van der Waals surface area contributed by atoms with E-state index in [0.717, 1.165) is 49.7 Å². The van der Waals surface area contributed by atoms with E-state index in [1.807, 2.05) is 30.4 Å². The Morgan fingerprint density at radius 2 is 1.88 bits per heavy atom. The van der Waals surface area contributed by atoms with Crippen LogP contribution in [-0.4, -0.2) is 66.7 Å². The number of anilines is 1. The molecular formula is C17H28N4O3S. The van der Waals surface area contributed by atoms with E-state index in [0.29, 0.717) is 12.8 Å². The van der Waals surface area contributed by atoms with Crippen molar-refractivity contribution in [3.05, 3.63) is 11.4 Å².